The number of ether oxygens (including phenoxy) is 2. The predicted molar refractivity (Wildman–Crippen MR) is 133 cm³/mol. The summed E-state index contributed by atoms with van der Waals surface area (Å²) in [6.07, 6.45) is 0. The van der Waals surface area contributed by atoms with Gasteiger partial charge >= 0.3 is 0 Å². The Balaban J connectivity index is 1.50. The Bertz CT molecular complexity index is 1510. The number of aromatic nitrogens is 2. The maximum absolute atomic E-state index is 14.5. The Labute approximate surface area is 209 Å². The third kappa shape index (κ3) is 5.92. The Morgan fingerprint density at radius 1 is 1.06 bits per heavy atom. The number of benzene rings is 2. The van der Waals surface area contributed by atoms with Gasteiger partial charge in [-0.3, -0.25) is 9.59 Å². The molecule has 0 radical (unpaired) electrons. The van der Waals surface area contributed by atoms with Gasteiger partial charge in [0.25, 0.3) is 5.91 Å². The van der Waals surface area contributed by atoms with Crippen LogP contribution in [0.1, 0.15) is 31.1 Å². The van der Waals surface area contributed by atoms with Crippen molar-refractivity contribution in [1.82, 2.24) is 9.97 Å². The largest absolute Gasteiger partial charge is 0.473 e. The molecule has 0 aliphatic carbocycles. The minimum atomic E-state index is -1.07. The zero-order valence-electron chi connectivity index (χ0n) is 19.5. The fourth-order valence-electron chi connectivity index (χ4n) is 3.06. The van der Waals surface area contributed by atoms with Gasteiger partial charge in [-0.15, -0.1) is 0 Å². The molecule has 4 aromatic rings. The van der Waals surface area contributed by atoms with Gasteiger partial charge in [-0.1, -0.05) is 17.4 Å². The Hall–Kier alpha value is -4.56. The summed E-state index contributed by atoms with van der Waals surface area (Å²) >= 11 is 1.19. The van der Waals surface area contributed by atoms with Crippen molar-refractivity contribution in [1.29, 1.82) is 5.26 Å². The van der Waals surface area contributed by atoms with Crippen LogP contribution in [0.3, 0.4) is 0 Å². The molecule has 9 nitrogen and oxygen atoms in total. The van der Waals surface area contributed by atoms with E-state index < -0.39 is 17.3 Å². The Kier molecular flexibility index (Phi) is 6.80. The summed E-state index contributed by atoms with van der Waals surface area (Å²) in [5, 5.41) is 14.7. The first kappa shape index (κ1) is 24.6. The van der Waals surface area contributed by atoms with Gasteiger partial charge in [0, 0.05) is 24.6 Å². The van der Waals surface area contributed by atoms with Crippen molar-refractivity contribution in [3.63, 3.8) is 0 Å². The van der Waals surface area contributed by atoms with Crippen LogP contribution in [-0.2, 0) is 4.79 Å². The van der Waals surface area contributed by atoms with Gasteiger partial charge in [-0.25, -0.2) is 14.4 Å². The molecule has 0 aliphatic rings. The summed E-state index contributed by atoms with van der Waals surface area (Å²) < 4.78 is 25.8. The number of nitrogens with one attached hydrogen (secondary N) is 2. The number of nitriles is 1. The van der Waals surface area contributed by atoms with Gasteiger partial charge in [0.1, 0.15) is 33.7 Å². The van der Waals surface area contributed by atoms with Gasteiger partial charge in [0.05, 0.1) is 5.69 Å². The lowest BCUT2D eigenvalue weighted by Gasteiger charge is -2.18. The quantitative estimate of drug-likeness (QED) is 0.339. The van der Waals surface area contributed by atoms with Gasteiger partial charge in [0.2, 0.25) is 11.8 Å². The average Bonchev–Trinajstić information content (AvgIpc) is 3.22. The highest BCUT2D eigenvalue weighted by Crippen LogP contribution is 2.30. The van der Waals surface area contributed by atoms with E-state index in [0.29, 0.717) is 21.2 Å². The molecule has 0 spiro atoms. The first-order valence-corrected chi connectivity index (χ1v) is 11.5. The number of nitrogens with zero attached hydrogens (tertiary/aromatic N) is 3. The van der Waals surface area contributed by atoms with E-state index in [1.165, 1.54) is 42.5 Å². The van der Waals surface area contributed by atoms with Crippen LogP contribution in [0.15, 0.2) is 54.6 Å². The molecule has 0 atom stereocenters. The maximum atomic E-state index is 14.5. The van der Waals surface area contributed by atoms with Crippen LogP contribution in [0.25, 0.3) is 10.3 Å². The number of carbonyl (C=O) groups excluding carboxylic acids is 2. The second kappa shape index (κ2) is 9.97. The van der Waals surface area contributed by atoms with E-state index in [9.17, 15) is 14.0 Å². The highest BCUT2D eigenvalue weighted by molar-refractivity contribution is 7.21. The van der Waals surface area contributed by atoms with Crippen LogP contribution in [0.5, 0.6) is 17.4 Å². The van der Waals surface area contributed by atoms with Crippen molar-refractivity contribution in [3.8, 4) is 23.4 Å². The fourth-order valence-corrected chi connectivity index (χ4v) is 3.93. The lowest BCUT2D eigenvalue weighted by molar-refractivity contribution is -0.114. The van der Waals surface area contributed by atoms with Crippen LogP contribution in [0, 0.1) is 17.1 Å². The number of pyridine rings is 1. The molecule has 0 saturated carbocycles. The topological polar surface area (TPSA) is 126 Å². The van der Waals surface area contributed by atoms with Crippen molar-refractivity contribution < 1.29 is 23.5 Å². The normalized spacial score (nSPS) is 11.0. The zero-order valence-corrected chi connectivity index (χ0v) is 20.3. The summed E-state index contributed by atoms with van der Waals surface area (Å²) in [6.45, 7) is 4.59. The molecule has 2 aromatic heterocycles. The Morgan fingerprint density at radius 2 is 1.86 bits per heavy atom. The average molecular weight is 506 g/mol. The van der Waals surface area contributed by atoms with E-state index in [4.69, 9.17) is 14.7 Å². The number of thiazole rings is 1. The number of carbonyl (C=O) groups is 2. The molecular formula is C25H20FN5O4S. The highest BCUT2D eigenvalue weighted by atomic mass is 32.1. The smallest absolute Gasteiger partial charge is 0.255 e. The number of fused-ring (bicyclic) bond motifs is 1. The SMILES string of the molecule is CC(=O)Nc1nc2ccc(Oc3ccc(F)c(NC(=O)c4cccc(OC(C)(C)C#N)c4)c3)nc2s1. The molecule has 36 heavy (non-hydrogen) atoms. The molecule has 2 N–H and O–H groups in total. The minimum absolute atomic E-state index is 0.0898. The zero-order chi connectivity index (χ0) is 25.9. The number of anilines is 2. The lowest BCUT2D eigenvalue weighted by Crippen LogP contribution is -2.25. The van der Waals surface area contributed by atoms with E-state index in [-0.39, 0.29) is 28.8 Å². The monoisotopic (exact) mass is 505 g/mol. The van der Waals surface area contributed by atoms with Crippen molar-refractivity contribution in [2.45, 2.75) is 26.4 Å². The van der Waals surface area contributed by atoms with Gasteiger partial charge in [-0.05, 0) is 50.2 Å². The van der Waals surface area contributed by atoms with Crippen LogP contribution in [0.4, 0.5) is 15.2 Å². The van der Waals surface area contributed by atoms with E-state index in [0.717, 1.165) is 0 Å². The molecule has 2 aromatic carbocycles. The second-order valence-electron chi connectivity index (χ2n) is 8.12. The number of hydrogen-bond donors (Lipinski definition) is 2. The van der Waals surface area contributed by atoms with E-state index in [2.05, 4.69) is 20.6 Å². The fraction of sp³-hybridized carbons (Fsp3) is 0.160. The summed E-state index contributed by atoms with van der Waals surface area (Å²) in [4.78, 5) is 33.2. The molecule has 2 amide bonds. The molecule has 0 unspecified atom stereocenters. The summed E-state index contributed by atoms with van der Waals surface area (Å²) in [6, 6.07) is 15.5. The van der Waals surface area contributed by atoms with E-state index in [1.54, 1.807) is 44.2 Å². The first-order chi connectivity index (χ1) is 17.1. The van der Waals surface area contributed by atoms with Crippen molar-refractivity contribution in [2.24, 2.45) is 0 Å². The van der Waals surface area contributed by atoms with Crippen LogP contribution in [-0.4, -0.2) is 27.4 Å². The molecule has 0 fully saturated rings. The van der Waals surface area contributed by atoms with Crippen LogP contribution >= 0.6 is 11.3 Å². The molecule has 0 bridgehead atoms. The first-order valence-electron chi connectivity index (χ1n) is 10.7. The summed E-state index contributed by atoms with van der Waals surface area (Å²) in [5.74, 6) is -0.650. The number of halogens is 1. The summed E-state index contributed by atoms with van der Waals surface area (Å²) in [5.41, 5.74) is -0.353. The molecule has 0 aliphatic heterocycles. The number of amides is 2. The number of rotatable bonds is 7. The van der Waals surface area contributed by atoms with E-state index in [1.807, 2.05) is 6.07 Å². The molecule has 0 saturated heterocycles. The molecule has 11 heteroatoms. The maximum Gasteiger partial charge on any atom is 0.255 e. The van der Waals surface area contributed by atoms with Gasteiger partial charge < -0.3 is 20.1 Å². The third-order valence-corrected chi connectivity index (χ3v) is 5.54. The van der Waals surface area contributed by atoms with Crippen molar-refractivity contribution in [2.75, 3.05) is 10.6 Å². The van der Waals surface area contributed by atoms with Crippen LogP contribution in [0.2, 0.25) is 0 Å². The third-order valence-electron chi connectivity index (χ3n) is 4.66. The molecule has 182 valence electrons. The van der Waals surface area contributed by atoms with Gasteiger partial charge in [0.15, 0.2) is 10.7 Å². The molecule has 4 rings (SSSR count). The summed E-state index contributed by atoms with van der Waals surface area (Å²) in [7, 11) is 0. The minimum Gasteiger partial charge on any atom is -0.473 e. The predicted octanol–water partition coefficient (Wildman–Crippen LogP) is 5.51. The Morgan fingerprint density at radius 3 is 2.61 bits per heavy atom. The van der Waals surface area contributed by atoms with Crippen LogP contribution < -0.4 is 20.1 Å². The highest BCUT2D eigenvalue weighted by Gasteiger charge is 2.19. The van der Waals surface area contributed by atoms with E-state index >= 15 is 0 Å². The molecule has 2 heterocycles. The molecular weight excluding hydrogens is 485 g/mol. The van der Waals surface area contributed by atoms with Crippen molar-refractivity contribution >= 4 is 44.3 Å². The van der Waals surface area contributed by atoms with Crippen molar-refractivity contribution in [3.05, 3.63) is 66.0 Å². The number of hydrogen-bond acceptors (Lipinski definition) is 8. The second-order valence-corrected chi connectivity index (χ2v) is 9.10. The standard InChI is InChI=1S/C25H20FN5O4S/c1-14(32)28-24-30-19-9-10-21(31-23(19)36-24)34-16-7-8-18(26)20(12-16)29-22(33)15-5-4-6-17(11-15)35-25(2,3)13-27/h4-12H,1-3H3,(H,29,33)(H,28,30,32). The lowest BCUT2D eigenvalue weighted by atomic mass is 10.1. The van der Waals surface area contributed by atoms with Gasteiger partial charge in [-0.2, -0.15) is 5.26 Å².